The summed E-state index contributed by atoms with van der Waals surface area (Å²) in [5.41, 5.74) is 3.87. The molecule has 10 heteroatoms. The quantitative estimate of drug-likeness (QED) is 0.252. The highest BCUT2D eigenvalue weighted by Gasteiger charge is 2.21. The standard InChI is InChI=1S/C29H26ClFN4O3.C3H6O/c1-33-26-13-20(29(36)37)4-7-25(26)32-28(33)17-35-10-8-34(9-11-35)16-22-12-19-3-2-18(14-27(19)38-22)23-6-5-21(30)15-24(23)31;1-2-4-3-1/h2-7,12-15H,8-11,16-17H2,1H3,(H,36,37);1-3H2. The lowest BCUT2D eigenvalue weighted by atomic mass is 10.0. The first-order valence-corrected chi connectivity index (χ1v) is 14.4. The van der Waals surface area contributed by atoms with Crippen molar-refractivity contribution in [3.63, 3.8) is 0 Å². The lowest BCUT2D eigenvalue weighted by Gasteiger charge is -2.33. The van der Waals surface area contributed by atoms with Crippen LogP contribution in [-0.4, -0.2) is 69.8 Å². The average molecular weight is 591 g/mol. The van der Waals surface area contributed by atoms with Crippen molar-refractivity contribution in [2.75, 3.05) is 39.4 Å². The van der Waals surface area contributed by atoms with E-state index in [-0.39, 0.29) is 11.4 Å². The number of aromatic carboxylic acids is 1. The Morgan fingerprint density at radius 2 is 1.69 bits per heavy atom. The van der Waals surface area contributed by atoms with Gasteiger partial charge in [-0.2, -0.15) is 0 Å². The summed E-state index contributed by atoms with van der Waals surface area (Å²) in [6, 6.07) is 17.5. The zero-order valence-electron chi connectivity index (χ0n) is 23.4. The molecule has 0 atom stereocenters. The second-order valence-corrected chi connectivity index (χ2v) is 11.1. The maximum absolute atomic E-state index is 14.4. The highest BCUT2D eigenvalue weighted by atomic mass is 35.5. The van der Waals surface area contributed by atoms with Gasteiger partial charge in [0.1, 0.15) is 23.0 Å². The highest BCUT2D eigenvalue weighted by Crippen LogP contribution is 2.30. The fraction of sp³-hybridized carbons (Fsp3) is 0.312. The molecule has 0 saturated carbocycles. The molecular weight excluding hydrogens is 559 g/mol. The van der Waals surface area contributed by atoms with Gasteiger partial charge in [-0.1, -0.05) is 23.7 Å². The number of aryl methyl sites for hydroxylation is 1. The number of carboxylic acid groups (broad SMARTS) is 1. The molecule has 1 N–H and O–H groups in total. The molecule has 5 aromatic rings. The van der Waals surface area contributed by atoms with Gasteiger partial charge in [0.25, 0.3) is 0 Å². The predicted octanol–water partition coefficient (Wildman–Crippen LogP) is 6.20. The molecule has 42 heavy (non-hydrogen) atoms. The first-order chi connectivity index (χ1) is 20.3. The number of fused-ring (bicyclic) bond motifs is 2. The maximum atomic E-state index is 14.4. The van der Waals surface area contributed by atoms with Crippen LogP contribution in [0.25, 0.3) is 33.1 Å². The molecule has 0 radical (unpaired) electrons. The highest BCUT2D eigenvalue weighted by molar-refractivity contribution is 6.30. The molecular formula is C32H32ClFN4O4. The van der Waals surface area contributed by atoms with E-state index in [9.17, 15) is 14.3 Å². The Bertz CT molecular complexity index is 1730. The lowest BCUT2D eigenvalue weighted by molar-refractivity contribution is 0.0367. The molecule has 7 rings (SSSR count). The van der Waals surface area contributed by atoms with Crippen molar-refractivity contribution in [2.24, 2.45) is 7.05 Å². The molecule has 2 aromatic heterocycles. The number of ether oxygens (including phenoxy) is 1. The summed E-state index contributed by atoms with van der Waals surface area (Å²) in [7, 11) is 1.93. The number of hydrogen-bond acceptors (Lipinski definition) is 6. The van der Waals surface area contributed by atoms with E-state index in [1.165, 1.54) is 12.5 Å². The molecule has 8 nitrogen and oxygen atoms in total. The van der Waals surface area contributed by atoms with Gasteiger partial charge in [0.15, 0.2) is 0 Å². The van der Waals surface area contributed by atoms with Crippen LogP contribution in [0.1, 0.15) is 28.4 Å². The molecule has 0 aliphatic carbocycles. The van der Waals surface area contributed by atoms with Gasteiger partial charge in [-0.15, -0.1) is 0 Å². The number of rotatable bonds is 6. The van der Waals surface area contributed by atoms with Gasteiger partial charge < -0.3 is 18.8 Å². The zero-order chi connectivity index (χ0) is 29.2. The molecule has 2 aliphatic heterocycles. The van der Waals surface area contributed by atoms with Gasteiger partial charge in [0.05, 0.1) is 29.7 Å². The molecule has 0 unspecified atom stereocenters. The van der Waals surface area contributed by atoms with E-state index in [2.05, 4.69) is 15.9 Å². The summed E-state index contributed by atoms with van der Waals surface area (Å²) in [6.45, 7) is 6.98. The number of imidazole rings is 1. The van der Waals surface area contributed by atoms with E-state index in [1.54, 1.807) is 30.3 Å². The summed E-state index contributed by atoms with van der Waals surface area (Å²) in [4.78, 5) is 20.8. The number of halogens is 2. The Morgan fingerprint density at radius 1 is 0.976 bits per heavy atom. The number of piperazine rings is 1. The number of furan rings is 1. The van der Waals surface area contributed by atoms with Crippen LogP contribution in [0.2, 0.25) is 5.02 Å². The molecule has 218 valence electrons. The second-order valence-electron chi connectivity index (χ2n) is 10.7. The molecule has 0 spiro atoms. The van der Waals surface area contributed by atoms with Crippen molar-refractivity contribution in [1.29, 1.82) is 0 Å². The Morgan fingerprint density at radius 3 is 2.36 bits per heavy atom. The topological polar surface area (TPSA) is 84.0 Å². The summed E-state index contributed by atoms with van der Waals surface area (Å²) < 4.78 is 27.2. The molecule has 0 bridgehead atoms. The van der Waals surface area contributed by atoms with E-state index in [4.69, 9.17) is 25.7 Å². The molecule has 3 aromatic carbocycles. The van der Waals surface area contributed by atoms with Crippen LogP contribution >= 0.6 is 11.6 Å². The number of aromatic nitrogens is 2. The van der Waals surface area contributed by atoms with Crippen molar-refractivity contribution in [2.45, 2.75) is 19.5 Å². The number of carboxylic acids is 1. The van der Waals surface area contributed by atoms with Crippen LogP contribution in [0.3, 0.4) is 0 Å². The van der Waals surface area contributed by atoms with Gasteiger partial charge in [0.2, 0.25) is 0 Å². The van der Waals surface area contributed by atoms with E-state index in [0.29, 0.717) is 23.7 Å². The zero-order valence-corrected chi connectivity index (χ0v) is 24.1. The van der Waals surface area contributed by atoms with Crippen LogP contribution < -0.4 is 0 Å². The van der Waals surface area contributed by atoms with Gasteiger partial charge in [-0.25, -0.2) is 14.2 Å². The van der Waals surface area contributed by atoms with E-state index < -0.39 is 5.97 Å². The molecule has 0 amide bonds. The van der Waals surface area contributed by atoms with Crippen molar-refractivity contribution in [3.8, 4) is 11.1 Å². The number of carbonyl (C=O) groups is 1. The predicted molar refractivity (Wildman–Crippen MR) is 160 cm³/mol. The molecule has 4 heterocycles. The fourth-order valence-electron chi connectivity index (χ4n) is 5.24. The normalized spacial score (nSPS) is 15.9. The van der Waals surface area contributed by atoms with Crippen molar-refractivity contribution in [1.82, 2.24) is 19.4 Å². The van der Waals surface area contributed by atoms with Crippen LogP contribution in [0.15, 0.2) is 65.1 Å². The van der Waals surface area contributed by atoms with Gasteiger partial charge in [-0.3, -0.25) is 9.80 Å². The van der Waals surface area contributed by atoms with Gasteiger partial charge in [0, 0.05) is 62.4 Å². The van der Waals surface area contributed by atoms with Crippen molar-refractivity contribution >= 4 is 39.6 Å². The van der Waals surface area contributed by atoms with Crippen LogP contribution in [0, 0.1) is 5.82 Å². The summed E-state index contributed by atoms with van der Waals surface area (Å²) >= 11 is 5.89. The summed E-state index contributed by atoms with van der Waals surface area (Å²) in [5.74, 6) is 0.504. The van der Waals surface area contributed by atoms with Gasteiger partial charge in [-0.05, 0) is 60.5 Å². The summed E-state index contributed by atoms with van der Waals surface area (Å²) in [6.07, 6.45) is 1.28. The minimum atomic E-state index is -0.939. The summed E-state index contributed by atoms with van der Waals surface area (Å²) in [5, 5.41) is 10.6. The maximum Gasteiger partial charge on any atom is 0.335 e. The van der Waals surface area contributed by atoms with Crippen molar-refractivity contribution < 1.29 is 23.4 Å². The number of benzene rings is 3. The largest absolute Gasteiger partial charge is 0.478 e. The van der Waals surface area contributed by atoms with E-state index in [1.807, 2.05) is 29.8 Å². The lowest BCUT2D eigenvalue weighted by Crippen LogP contribution is -2.45. The van der Waals surface area contributed by atoms with E-state index >= 15 is 0 Å². The van der Waals surface area contributed by atoms with Crippen LogP contribution in [0.4, 0.5) is 4.39 Å². The first-order valence-electron chi connectivity index (χ1n) is 14.0. The Hall–Kier alpha value is -3.76. The monoisotopic (exact) mass is 590 g/mol. The smallest absolute Gasteiger partial charge is 0.335 e. The Kier molecular flexibility index (Phi) is 8.26. The Balaban J connectivity index is 0.000000729. The van der Waals surface area contributed by atoms with Crippen LogP contribution in [-0.2, 0) is 24.9 Å². The fourth-order valence-corrected chi connectivity index (χ4v) is 5.40. The Labute approximate surface area is 247 Å². The number of nitrogens with zero attached hydrogens (tertiary/aromatic N) is 4. The van der Waals surface area contributed by atoms with Crippen LogP contribution in [0.5, 0.6) is 0 Å². The third-order valence-electron chi connectivity index (χ3n) is 7.82. The second kappa shape index (κ2) is 12.2. The number of hydrogen-bond donors (Lipinski definition) is 1. The average Bonchev–Trinajstić information content (AvgIpc) is 3.47. The minimum Gasteiger partial charge on any atom is -0.478 e. The van der Waals surface area contributed by atoms with Crippen molar-refractivity contribution in [3.05, 3.63) is 88.7 Å². The third-order valence-corrected chi connectivity index (χ3v) is 8.06. The SMILES string of the molecule is C1COC1.Cn1c(CN2CCN(Cc3cc4ccc(-c5ccc(Cl)cc5F)cc4o3)CC2)nc2ccc(C(=O)O)cc21. The van der Waals surface area contributed by atoms with E-state index in [0.717, 1.165) is 78.5 Å². The molecule has 2 aliphatic rings. The first kappa shape index (κ1) is 28.4. The molecule has 2 saturated heterocycles. The molecule has 2 fully saturated rings. The van der Waals surface area contributed by atoms with Gasteiger partial charge >= 0.3 is 5.97 Å². The minimum absolute atomic E-state index is 0.264. The third kappa shape index (κ3) is 6.19.